The van der Waals surface area contributed by atoms with Crippen LogP contribution in [0.5, 0.6) is 0 Å². The quantitative estimate of drug-likeness (QED) is 0.856. The number of allylic oxidation sites excluding steroid dienone is 1. The van der Waals surface area contributed by atoms with Gasteiger partial charge in [-0.05, 0) is 23.6 Å². The van der Waals surface area contributed by atoms with Gasteiger partial charge in [0.25, 0.3) is 5.92 Å². The smallest absolute Gasteiger partial charge is 0.292 e. The highest BCUT2D eigenvalue weighted by Crippen LogP contribution is 2.35. The Bertz CT molecular complexity index is 654. The second-order valence-corrected chi connectivity index (χ2v) is 6.17. The number of benzene rings is 1. The number of nitrogens with zero attached hydrogens (tertiary/aromatic N) is 1. The van der Waals surface area contributed by atoms with Crippen molar-refractivity contribution in [2.24, 2.45) is 5.41 Å². The van der Waals surface area contributed by atoms with Gasteiger partial charge in [0.15, 0.2) is 0 Å². The molecule has 1 aromatic heterocycles. The van der Waals surface area contributed by atoms with Crippen molar-refractivity contribution in [3.05, 3.63) is 54.2 Å². The summed E-state index contributed by atoms with van der Waals surface area (Å²) in [6.07, 6.45) is 2.57. The zero-order valence-electron chi connectivity index (χ0n) is 12.3. The molecule has 0 bridgehead atoms. The normalized spacial score (nSPS) is 14.8. The predicted octanol–water partition coefficient (Wildman–Crippen LogP) is 4.29. The molecule has 0 saturated heterocycles. The third-order valence-corrected chi connectivity index (χ3v) is 3.38. The number of aliphatic hydroxyl groups is 1. The number of fused-ring (bicyclic) bond motifs is 1. The summed E-state index contributed by atoms with van der Waals surface area (Å²) < 4.78 is 28.8. The van der Waals surface area contributed by atoms with Crippen LogP contribution in [0.4, 0.5) is 8.78 Å². The first-order valence-electron chi connectivity index (χ1n) is 6.81. The van der Waals surface area contributed by atoms with E-state index in [0.717, 1.165) is 12.2 Å². The number of halogens is 2. The summed E-state index contributed by atoms with van der Waals surface area (Å²) in [5.41, 5.74) is -0.0581. The molecule has 0 aliphatic rings. The van der Waals surface area contributed by atoms with Gasteiger partial charge in [0.05, 0.1) is 11.6 Å². The molecule has 2 aromatic rings. The zero-order chi connectivity index (χ0) is 15.7. The number of hydrogen-bond donors (Lipinski definition) is 1. The van der Waals surface area contributed by atoms with Crippen molar-refractivity contribution in [2.45, 2.75) is 32.8 Å². The van der Waals surface area contributed by atoms with Crippen molar-refractivity contribution in [1.82, 2.24) is 4.98 Å². The molecule has 2 rings (SSSR count). The van der Waals surface area contributed by atoms with Gasteiger partial charge in [-0.3, -0.25) is 4.98 Å². The molecule has 1 N–H and O–H groups in total. The van der Waals surface area contributed by atoms with Gasteiger partial charge in [-0.25, -0.2) is 0 Å². The van der Waals surface area contributed by atoms with E-state index in [1.807, 2.05) is 0 Å². The van der Waals surface area contributed by atoms with Crippen LogP contribution in [0.3, 0.4) is 0 Å². The summed E-state index contributed by atoms with van der Waals surface area (Å²) in [5, 5.41) is 10.3. The summed E-state index contributed by atoms with van der Waals surface area (Å²) in [6.45, 7) is 5.38. The molecule has 0 saturated carbocycles. The van der Waals surface area contributed by atoms with Crippen LogP contribution in [0, 0.1) is 5.41 Å². The van der Waals surface area contributed by atoms with Crippen molar-refractivity contribution in [3.8, 4) is 0 Å². The molecule has 1 atom stereocenters. The maximum Gasteiger partial charge on any atom is 0.292 e. The topological polar surface area (TPSA) is 33.1 Å². The average Bonchev–Trinajstić information content (AvgIpc) is 2.43. The Morgan fingerprint density at radius 1 is 1.14 bits per heavy atom. The lowest BCUT2D eigenvalue weighted by Crippen LogP contribution is -2.24. The van der Waals surface area contributed by atoms with Crippen LogP contribution in [0.1, 0.15) is 26.3 Å². The van der Waals surface area contributed by atoms with E-state index >= 15 is 0 Å². The van der Waals surface area contributed by atoms with Gasteiger partial charge in [0.2, 0.25) is 0 Å². The fourth-order valence-electron chi connectivity index (χ4n) is 1.98. The van der Waals surface area contributed by atoms with Crippen molar-refractivity contribution in [1.29, 1.82) is 0 Å². The molecule has 1 unspecified atom stereocenters. The Labute approximate surface area is 123 Å². The first kappa shape index (κ1) is 15.6. The van der Waals surface area contributed by atoms with E-state index in [1.165, 1.54) is 6.07 Å². The summed E-state index contributed by atoms with van der Waals surface area (Å²) in [4.78, 5) is 4.08. The summed E-state index contributed by atoms with van der Waals surface area (Å²) in [6, 6.07) is 7.91. The van der Waals surface area contributed by atoms with Gasteiger partial charge in [-0.1, -0.05) is 45.0 Å². The Morgan fingerprint density at radius 3 is 2.52 bits per heavy atom. The Kier molecular flexibility index (Phi) is 4.10. The van der Waals surface area contributed by atoms with Crippen molar-refractivity contribution >= 4 is 10.9 Å². The SMILES string of the molecule is CC(C)(C)C(O)/C=C/C(F)(F)c1cccc2ncccc12. The van der Waals surface area contributed by atoms with E-state index < -0.39 is 17.4 Å². The van der Waals surface area contributed by atoms with Crippen molar-refractivity contribution in [3.63, 3.8) is 0 Å². The van der Waals surface area contributed by atoms with Crippen molar-refractivity contribution < 1.29 is 13.9 Å². The van der Waals surface area contributed by atoms with Crippen LogP contribution < -0.4 is 0 Å². The molecule has 0 radical (unpaired) electrons. The third-order valence-electron chi connectivity index (χ3n) is 3.38. The molecule has 1 heterocycles. The standard InChI is InChI=1S/C17H19F2NO/c1-16(2,3)15(21)9-10-17(18,19)13-7-4-8-14-12(13)6-5-11-20-14/h4-11,15,21H,1-3H3/b10-9+. The summed E-state index contributed by atoms with van der Waals surface area (Å²) in [7, 11) is 0. The molecule has 0 aliphatic heterocycles. The number of aliphatic hydroxyl groups excluding tert-OH is 1. The van der Waals surface area contributed by atoms with Gasteiger partial charge in [-0.2, -0.15) is 8.78 Å². The second kappa shape index (κ2) is 5.53. The summed E-state index contributed by atoms with van der Waals surface area (Å²) >= 11 is 0. The highest BCUT2D eigenvalue weighted by Gasteiger charge is 2.31. The molecule has 112 valence electrons. The number of alkyl halides is 2. The molecule has 0 aliphatic carbocycles. The van der Waals surface area contributed by atoms with Gasteiger partial charge in [0.1, 0.15) is 0 Å². The minimum atomic E-state index is -3.16. The number of hydrogen-bond acceptors (Lipinski definition) is 2. The molecule has 21 heavy (non-hydrogen) atoms. The van der Waals surface area contributed by atoms with E-state index in [0.29, 0.717) is 10.9 Å². The molecule has 4 heteroatoms. The van der Waals surface area contributed by atoms with Crippen LogP contribution in [0.15, 0.2) is 48.7 Å². The van der Waals surface area contributed by atoms with Crippen LogP contribution in [-0.4, -0.2) is 16.2 Å². The zero-order valence-corrected chi connectivity index (χ0v) is 12.3. The lowest BCUT2D eigenvalue weighted by Gasteiger charge is -2.23. The Morgan fingerprint density at radius 2 is 1.86 bits per heavy atom. The molecule has 0 amide bonds. The fourth-order valence-corrected chi connectivity index (χ4v) is 1.98. The second-order valence-electron chi connectivity index (χ2n) is 6.17. The highest BCUT2D eigenvalue weighted by atomic mass is 19.3. The monoisotopic (exact) mass is 291 g/mol. The van der Waals surface area contributed by atoms with Crippen LogP contribution in [0.2, 0.25) is 0 Å². The molecule has 2 nitrogen and oxygen atoms in total. The van der Waals surface area contributed by atoms with Crippen molar-refractivity contribution in [2.75, 3.05) is 0 Å². The van der Waals surface area contributed by atoms with E-state index in [2.05, 4.69) is 4.98 Å². The van der Waals surface area contributed by atoms with Gasteiger partial charge in [0, 0.05) is 17.1 Å². The van der Waals surface area contributed by atoms with E-state index in [-0.39, 0.29) is 5.56 Å². The van der Waals surface area contributed by atoms with Gasteiger partial charge >= 0.3 is 0 Å². The fraction of sp³-hybridized carbons (Fsp3) is 0.353. The Balaban J connectivity index is 2.40. The average molecular weight is 291 g/mol. The molecule has 0 spiro atoms. The van der Waals surface area contributed by atoms with Crippen LogP contribution >= 0.6 is 0 Å². The largest absolute Gasteiger partial charge is 0.388 e. The maximum atomic E-state index is 14.4. The number of pyridine rings is 1. The lowest BCUT2D eigenvalue weighted by molar-refractivity contribution is 0.0487. The van der Waals surface area contributed by atoms with Crippen LogP contribution in [0.25, 0.3) is 10.9 Å². The minimum absolute atomic E-state index is 0.106. The number of aromatic nitrogens is 1. The number of rotatable bonds is 3. The minimum Gasteiger partial charge on any atom is -0.388 e. The first-order valence-corrected chi connectivity index (χ1v) is 6.81. The molecular formula is C17H19F2NO. The van der Waals surface area contributed by atoms with Crippen LogP contribution in [-0.2, 0) is 5.92 Å². The van der Waals surface area contributed by atoms with E-state index in [1.54, 1.807) is 51.2 Å². The molecule has 1 aromatic carbocycles. The molecular weight excluding hydrogens is 272 g/mol. The molecule has 0 fully saturated rings. The predicted molar refractivity (Wildman–Crippen MR) is 80.2 cm³/mol. The highest BCUT2D eigenvalue weighted by molar-refractivity contribution is 5.82. The first-order chi connectivity index (χ1) is 9.72. The Hall–Kier alpha value is -1.81. The van der Waals surface area contributed by atoms with E-state index in [4.69, 9.17) is 0 Å². The maximum absolute atomic E-state index is 14.4. The van der Waals surface area contributed by atoms with Gasteiger partial charge in [-0.15, -0.1) is 0 Å². The third kappa shape index (κ3) is 3.45. The summed E-state index contributed by atoms with van der Waals surface area (Å²) in [5.74, 6) is -3.16. The lowest BCUT2D eigenvalue weighted by atomic mass is 9.88. The van der Waals surface area contributed by atoms with Gasteiger partial charge < -0.3 is 5.11 Å². The van der Waals surface area contributed by atoms with E-state index in [9.17, 15) is 13.9 Å².